The fraction of sp³-hybridized carbons (Fsp3) is 0.0833. The fourth-order valence-corrected chi connectivity index (χ4v) is 1.77. The standard InChI is InChI=1S/C12H8BrF3N2/c1-6-7(13)3-2-4-10(6)17-12-9(15)5-8(14)11(16)18-12/h2-5H,1H3,(H,17,18). The Bertz CT molecular complexity index is 602. The maximum Gasteiger partial charge on any atom is 0.251 e. The second kappa shape index (κ2) is 4.97. The Balaban J connectivity index is 2.40. The number of benzene rings is 1. The molecule has 0 atom stereocenters. The number of hydrogen-bond acceptors (Lipinski definition) is 2. The minimum atomic E-state index is -1.34. The monoisotopic (exact) mass is 316 g/mol. The molecule has 0 saturated carbocycles. The smallest absolute Gasteiger partial charge is 0.251 e. The van der Waals surface area contributed by atoms with Gasteiger partial charge in [0.25, 0.3) is 5.95 Å². The minimum Gasteiger partial charge on any atom is -0.337 e. The molecule has 1 aromatic carbocycles. The van der Waals surface area contributed by atoms with E-state index in [2.05, 4.69) is 26.2 Å². The van der Waals surface area contributed by atoms with Crippen molar-refractivity contribution in [3.8, 4) is 0 Å². The predicted molar refractivity (Wildman–Crippen MR) is 66.3 cm³/mol. The van der Waals surface area contributed by atoms with E-state index in [0.29, 0.717) is 11.8 Å². The Morgan fingerprint density at radius 1 is 1.17 bits per heavy atom. The molecular formula is C12H8BrF3N2. The highest BCUT2D eigenvalue weighted by Crippen LogP contribution is 2.27. The van der Waals surface area contributed by atoms with Crippen LogP contribution in [0.25, 0.3) is 0 Å². The summed E-state index contributed by atoms with van der Waals surface area (Å²) in [6, 6.07) is 5.69. The van der Waals surface area contributed by atoms with Crippen LogP contribution >= 0.6 is 15.9 Å². The first kappa shape index (κ1) is 12.9. The Hall–Kier alpha value is -1.56. The summed E-state index contributed by atoms with van der Waals surface area (Å²) in [6.07, 6.45) is 0. The number of halogens is 4. The molecule has 94 valence electrons. The summed E-state index contributed by atoms with van der Waals surface area (Å²) in [4.78, 5) is 3.20. The summed E-state index contributed by atoms with van der Waals surface area (Å²) in [7, 11) is 0. The summed E-state index contributed by atoms with van der Waals surface area (Å²) >= 11 is 3.32. The summed E-state index contributed by atoms with van der Waals surface area (Å²) in [5, 5.41) is 2.63. The summed E-state index contributed by atoms with van der Waals surface area (Å²) in [5.41, 5.74) is 1.37. The van der Waals surface area contributed by atoms with E-state index in [-0.39, 0.29) is 5.82 Å². The first-order valence-corrected chi connectivity index (χ1v) is 5.82. The van der Waals surface area contributed by atoms with E-state index in [9.17, 15) is 13.2 Å². The highest BCUT2D eigenvalue weighted by molar-refractivity contribution is 9.10. The first-order chi connectivity index (χ1) is 8.49. The van der Waals surface area contributed by atoms with Crippen molar-refractivity contribution in [2.45, 2.75) is 6.92 Å². The van der Waals surface area contributed by atoms with Crippen LogP contribution in [0.1, 0.15) is 5.56 Å². The number of rotatable bonds is 2. The molecule has 0 spiro atoms. The van der Waals surface area contributed by atoms with Gasteiger partial charge in [-0.05, 0) is 24.6 Å². The zero-order valence-electron chi connectivity index (χ0n) is 9.27. The number of nitrogens with zero attached hydrogens (tertiary/aromatic N) is 1. The molecule has 0 amide bonds. The molecule has 18 heavy (non-hydrogen) atoms. The predicted octanol–water partition coefficient (Wildman–Crippen LogP) is 4.31. The zero-order chi connectivity index (χ0) is 13.3. The Morgan fingerprint density at radius 2 is 1.89 bits per heavy atom. The highest BCUT2D eigenvalue weighted by Gasteiger charge is 2.12. The van der Waals surface area contributed by atoms with Crippen LogP contribution in [-0.4, -0.2) is 4.98 Å². The number of hydrogen-bond donors (Lipinski definition) is 1. The van der Waals surface area contributed by atoms with E-state index >= 15 is 0 Å². The molecule has 6 heteroatoms. The molecule has 0 radical (unpaired) electrons. The van der Waals surface area contributed by atoms with Gasteiger partial charge in [0, 0.05) is 16.2 Å². The average Bonchev–Trinajstić information content (AvgIpc) is 2.32. The molecule has 0 aliphatic rings. The fourth-order valence-electron chi connectivity index (χ4n) is 1.40. The molecule has 0 aliphatic carbocycles. The number of anilines is 2. The molecule has 0 aliphatic heterocycles. The van der Waals surface area contributed by atoms with Crippen molar-refractivity contribution in [1.82, 2.24) is 4.98 Å². The van der Waals surface area contributed by atoms with Crippen LogP contribution in [0, 0.1) is 24.5 Å². The van der Waals surface area contributed by atoms with Crippen molar-refractivity contribution >= 4 is 27.4 Å². The number of nitrogens with one attached hydrogen (secondary N) is 1. The topological polar surface area (TPSA) is 24.9 Å². The Morgan fingerprint density at radius 3 is 2.61 bits per heavy atom. The molecule has 1 aromatic heterocycles. The molecule has 2 nitrogen and oxygen atoms in total. The number of aromatic nitrogens is 1. The van der Waals surface area contributed by atoms with Crippen molar-refractivity contribution in [3.05, 3.63) is 51.9 Å². The summed E-state index contributed by atoms with van der Waals surface area (Å²) in [6.45, 7) is 1.80. The van der Waals surface area contributed by atoms with E-state index in [4.69, 9.17) is 0 Å². The summed E-state index contributed by atoms with van der Waals surface area (Å²) < 4.78 is 39.9. The van der Waals surface area contributed by atoms with Crippen molar-refractivity contribution in [2.24, 2.45) is 0 Å². The van der Waals surface area contributed by atoms with Crippen LogP contribution in [-0.2, 0) is 0 Å². The minimum absolute atomic E-state index is 0.352. The van der Waals surface area contributed by atoms with Crippen LogP contribution < -0.4 is 5.32 Å². The quantitative estimate of drug-likeness (QED) is 0.835. The third-order valence-electron chi connectivity index (χ3n) is 2.41. The molecule has 0 fully saturated rings. The number of pyridine rings is 1. The zero-order valence-corrected chi connectivity index (χ0v) is 10.9. The van der Waals surface area contributed by atoms with Gasteiger partial charge in [-0.2, -0.15) is 9.37 Å². The van der Waals surface area contributed by atoms with Gasteiger partial charge in [0.1, 0.15) is 0 Å². The van der Waals surface area contributed by atoms with E-state index in [1.807, 2.05) is 6.07 Å². The molecule has 0 unspecified atom stereocenters. The molecule has 1 N–H and O–H groups in total. The molecule has 2 rings (SSSR count). The largest absolute Gasteiger partial charge is 0.337 e. The van der Waals surface area contributed by atoms with E-state index < -0.39 is 17.6 Å². The van der Waals surface area contributed by atoms with Gasteiger partial charge in [-0.1, -0.05) is 22.0 Å². The third-order valence-corrected chi connectivity index (χ3v) is 3.27. The maximum atomic E-state index is 13.4. The van der Waals surface area contributed by atoms with Gasteiger partial charge >= 0.3 is 0 Å². The van der Waals surface area contributed by atoms with Crippen LogP contribution in [0.15, 0.2) is 28.7 Å². The van der Waals surface area contributed by atoms with Gasteiger partial charge in [0.15, 0.2) is 17.5 Å². The molecule has 2 aromatic rings. The van der Waals surface area contributed by atoms with Crippen molar-refractivity contribution in [3.63, 3.8) is 0 Å². The molecule has 0 bridgehead atoms. The van der Waals surface area contributed by atoms with Crippen LogP contribution in [0.5, 0.6) is 0 Å². The van der Waals surface area contributed by atoms with Gasteiger partial charge in [0.2, 0.25) is 0 Å². The Labute approximate surface area is 110 Å². The lowest BCUT2D eigenvalue weighted by molar-refractivity contribution is 0.467. The van der Waals surface area contributed by atoms with Crippen molar-refractivity contribution in [2.75, 3.05) is 5.32 Å². The van der Waals surface area contributed by atoms with Gasteiger partial charge in [-0.15, -0.1) is 0 Å². The lowest BCUT2D eigenvalue weighted by Gasteiger charge is -2.10. The Kier molecular flexibility index (Phi) is 3.56. The summed E-state index contributed by atoms with van der Waals surface area (Å²) in [5.74, 6) is -3.96. The third kappa shape index (κ3) is 2.48. The molecular weight excluding hydrogens is 309 g/mol. The highest BCUT2D eigenvalue weighted by atomic mass is 79.9. The first-order valence-electron chi connectivity index (χ1n) is 5.02. The second-order valence-corrected chi connectivity index (χ2v) is 4.48. The van der Waals surface area contributed by atoms with E-state index in [1.54, 1.807) is 19.1 Å². The van der Waals surface area contributed by atoms with Gasteiger partial charge < -0.3 is 5.32 Å². The van der Waals surface area contributed by atoms with E-state index in [0.717, 1.165) is 10.0 Å². The van der Waals surface area contributed by atoms with E-state index in [1.165, 1.54) is 0 Å². The SMILES string of the molecule is Cc1c(Br)cccc1Nc1nc(F)c(F)cc1F. The second-order valence-electron chi connectivity index (χ2n) is 3.63. The lowest BCUT2D eigenvalue weighted by atomic mass is 10.2. The van der Waals surface area contributed by atoms with Gasteiger partial charge in [-0.25, -0.2) is 8.78 Å². The van der Waals surface area contributed by atoms with Crippen LogP contribution in [0.4, 0.5) is 24.7 Å². The van der Waals surface area contributed by atoms with Gasteiger partial charge in [0.05, 0.1) is 0 Å². The van der Waals surface area contributed by atoms with Crippen LogP contribution in [0.3, 0.4) is 0 Å². The average molecular weight is 317 g/mol. The molecule has 1 heterocycles. The molecule has 0 saturated heterocycles. The normalized spacial score (nSPS) is 10.5. The lowest BCUT2D eigenvalue weighted by Crippen LogP contribution is -2.02. The van der Waals surface area contributed by atoms with Crippen molar-refractivity contribution in [1.29, 1.82) is 0 Å². The van der Waals surface area contributed by atoms with Crippen molar-refractivity contribution < 1.29 is 13.2 Å². The van der Waals surface area contributed by atoms with Gasteiger partial charge in [-0.3, -0.25) is 0 Å². The van der Waals surface area contributed by atoms with Crippen LogP contribution in [0.2, 0.25) is 0 Å². The maximum absolute atomic E-state index is 13.4.